The van der Waals surface area contributed by atoms with E-state index in [1.165, 1.54) is 27.6 Å². The van der Waals surface area contributed by atoms with E-state index in [0.29, 0.717) is 0 Å². The smallest absolute Gasteiger partial charge is 0.402 e. The molecule has 2 aliphatic rings. The number of allylic oxidation sites excluding steroid dienone is 3. The van der Waals surface area contributed by atoms with E-state index in [2.05, 4.69) is 65.1 Å². The zero-order chi connectivity index (χ0) is 12.7. The number of hydrogen-bond donors (Lipinski definition) is 2. The number of benzene rings is 2. The Morgan fingerprint density at radius 3 is 2.14 bits per heavy atom. The normalized spacial score (nSPS) is 14.5. The summed E-state index contributed by atoms with van der Waals surface area (Å²) in [6, 6.07) is 12.7. The maximum Gasteiger partial charge on any atom is 0.402 e. The molecular weight excluding hydrogens is 417 g/mol. The fourth-order valence-electron chi connectivity index (χ4n) is 2.69. The summed E-state index contributed by atoms with van der Waals surface area (Å²) in [4.78, 5) is 0. The summed E-state index contributed by atoms with van der Waals surface area (Å²) in [7, 11) is 0. The van der Waals surface area contributed by atoms with Crippen molar-refractivity contribution in [1.29, 1.82) is 0 Å². The molecule has 0 fully saturated rings. The SMILES string of the molecule is C1=C[CH]C(B2Nc3cccc4cccc(c34)N2)=CC=1.[Br-].[Pd]. The molecule has 2 N–H and O–H groups in total. The number of nitrogens with one attached hydrogen (secondary N) is 2. The van der Waals surface area contributed by atoms with Gasteiger partial charge in [-0.3, -0.25) is 0 Å². The van der Waals surface area contributed by atoms with E-state index in [1.54, 1.807) is 0 Å². The summed E-state index contributed by atoms with van der Waals surface area (Å²) in [6.45, 7) is 0.107. The molecule has 0 unspecified atom stereocenters. The molecule has 0 aromatic heterocycles. The summed E-state index contributed by atoms with van der Waals surface area (Å²) < 4.78 is 0. The van der Waals surface area contributed by atoms with Crippen LogP contribution in [0.2, 0.25) is 0 Å². The van der Waals surface area contributed by atoms with E-state index in [1.807, 2.05) is 12.2 Å². The van der Waals surface area contributed by atoms with Gasteiger partial charge >= 0.3 is 6.98 Å². The van der Waals surface area contributed by atoms with Crippen molar-refractivity contribution in [2.24, 2.45) is 0 Å². The van der Waals surface area contributed by atoms with Crippen LogP contribution in [-0.4, -0.2) is 6.98 Å². The second-order valence-electron chi connectivity index (χ2n) is 4.76. The largest absolute Gasteiger partial charge is 1.00 e. The molecule has 2 nitrogen and oxygen atoms in total. The molecule has 0 spiro atoms. The minimum absolute atomic E-state index is 0. The van der Waals surface area contributed by atoms with Gasteiger partial charge in [-0.25, -0.2) is 0 Å². The minimum Gasteiger partial charge on any atom is -1.00 e. The third kappa shape index (κ3) is 2.88. The predicted molar refractivity (Wildman–Crippen MR) is 82.0 cm³/mol. The Hall–Kier alpha value is -1.23. The zero-order valence-electron chi connectivity index (χ0n) is 11.0. The van der Waals surface area contributed by atoms with Gasteiger partial charge in [0.05, 0.1) is 0 Å². The molecule has 4 rings (SSSR count). The second-order valence-corrected chi connectivity index (χ2v) is 4.76. The van der Waals surface area contributed by atoms with Gasteiger partial charge in [-0.1, -0.05) is 30.3 Å². The van der Waals surface area contributed by atoms with Crippen molar-refractivity contribution in [1.82, 2.24) is 0 Å². The van der Waals surface area contributed by atoms with E-state index in [9.17, 15) is 0 Å². The Kier molecular flexibility index (Phi) is 5.14. The van der Waals surface area contributed by atoms with Crippen LogP contribution in [0.4, 0.5) is 11.4 Å². The Labute approximate surface area is 148 Å². The van der Waals surface area contributed by atoms with Gasteiger partial charge in [0.25, 0.3) is 0 Å². The van der Waals surface area contributed by atoms with Crippen LogP contribution >= 0.6 is 0 Å². The second kappa shape index (κ2) is 6.69. The zero-order valence-corrected chi connectivity index (χ0v) is 14.2. The van der Waals surface area contributed by atoms with Crippen LogP contribution in [0.15, 0.2) is 65.8 Å². The van der Waals surface area contributed by atoms with Crippen LogP contribution in [-0.2, 0) is 20.4 Å². The predicted octanol–water partition coefficient (Wildman–Crippen LogP) is 0.562. The summed E-state index contributed by atoms with van der Waals surface area (Å²) in [5.74, 6) is 0. The van der Waals surface area contributed by atoms with Crippen LogP contribution < -0.4 is 27.4 Å². The van der Waals surface area contributed by atoms with Gasteiger partial charge in [-0.15, -0.1) is 5.73 Å². The third-order valence-electron chi connectivity index (χ3n) is 3.58. The van der Waals surface area contributed by atoms with Crippen LogP contribution in [0.25, 0.3) is 10.8 Å². The molecule has 1 heterocycles. The third-order valence-corrected chi connectivity index (χ3v) is 3.58. The molecule has 0 bridgehead atoms. The van der Waals surface area contributed by atoms with E-state index in [-0.39, 0.29) is 44.4 Å². The molecule has 5 heteroatoms. The van der Waals surface area contributed by atoms with Gasteiger partial charge in [-0.05, 0) is 35.1 Å². The first-order valence-electron chi connectivity index (χ1n) is 6.43. The fourth-order valence-corrected chi connectivity index (χ4v) is 2.69. The Morgan fingerprint density at radius 2 is 1.57 bits per heavy atom. The van der Waals surface area contributed by atoms with Gasteiger partial charge in [-0.2, -0.15) is 0 Å². The van der Waals surface area contributed by atoms with E-state index in [0.717, 1.165) is 0 Å². The van der Waals surface area contributed by atoms with E-state index >= 15 is 0 Å². The molecule has 0 atom stereocenters. The first-order valence-corrected chi connectivity index (χ1v) is 6.43. The van der Waals surface area contributed by atoms with Gasteiger partial charge in [0.2, 0.25) is 0 Å². The number of halogens is 1. The standard InChI is InChI=1S/C16H12BN2.BrH.Pd/c1-2-8-13(9-3-1)17-18-14-10-4-6-12-7-5-11-15(19-17)16(12)14;;/h2-11,18-19H;1H;/p-1. The number of anilines is 2. The average Bonchev–Trinajstić information content (AvgIpc) is 2.49. The summed E-state index contributed by atoms with van der Waals surface area (Å²) in [5.41, 5.74) is 6.64. The van der Waals surface area contributed by atoms with Crippen LogP contribution in [0.1, 0.15) is 0 Å². The van der Waals surface area contributed by atoms with Crippen LogP contribution in [0.5, 0.6) is 0 Å². The molecule has 1 aliphatic heterocycles. The Morgan fingerprint density at radius 1 is 0.905 bits per heavy atom. The van der Waals surface area contributed by atoms with Gasteiger partial charge in [0, 0.05) is 43.6 Å². The van der Waals surface area contributed by atoms with E-state index in [4.69, 9.17) is 0 Å². The van der Waals surface area contributed by atoms with Crippen LogP contribution in [0, 0.1) is 6.42 Å². The topological polar surface area (TPSA) is 24.1 Å². The van der Waals surface area contributed by atoms with Crippen molar-refractivity contribution in [3.8, 4) is 0 Å². The molecule has 1 aliphatic carbocycles. The van der Waals surface area contributed by atoms with Crippen LogP contribution in [0.3, 0.4) is 0 Å². The fraction of sp³-hybridized carbons (Fsp3) is 0. The first-order chi connectivity index (χ1) is 9.42. The van der Waals surface area contributed by atoms with Crippen molar-refractivity contribution >= 4 is 29.1 Å². The first kappa shape index (κ1) is 16.1. The summed E-state index contributed by atoms with van der Waals surface area (Å²) in [6.07, 6.45) is 8.05. The molecule has 107 valence electrons. The van der Waals surface area contributed by atoms with Gasteiger partial charge < -0.3 is 27.4 Å². The van der Waals surface area contributed by atoms with Gasteiger partial charge in [0.15, 0.2) is 0 Å². The maximum atomic E-state index is 3.55. The number of rotatable bonds is 1. The molecular formula is C16H12BBrN2Pd-. The summed E-state index contributed by atoms with van der Waals surface area (Å²) in [5, 5.41) is 9.63. The molecule has 2 aromatic rings. The Balaban J connectivity index is 0.000000807. The van der Waals surface area contributed by atoms with Crippen molar-refractivity contribution in [2.75, 3.05) is 10.5 Å². The molecule has 21 heavy (non-hydrogen) atoms. The quantitative estimate of drug-likeness (QED) is 0.512. The van der Waals surface area contributed by atoms with Crippen molar-refractivity contribution in [2.45, 2.75) is 0 Å². The molecule has 0 saturated carbocycles. The van der Waals surface area contributed by atoms with Crippen molar-refractivity contribution in [3.63, 3.8) is 0 Å². The van der Waals surface area contributed by atoms with Crippen molar-refractivity contribution < 1.29 is 37.4 Å². The van der Waals surface area contributed by atoms with Crippen molar-refractivity contribution in [3.05, 3.63) is 72.3 Å². The molecule has 0 saturated heterocycles. The average molecular weight is 429 g/mol. The molecule has 1 radical (unpaired) electrons. The van der Waals surface area contributed by atoms with E-state index < -0.39 is 0 Å². The minimum atomic E-state index is 0. The van der Waals surface area contributed by atoms with Gasteiger partial charge in [0.1, 0.15) is 0 Å². The maximum absolute atomic E-state index is 3.55. The Bertz CT molecular complexity index is 725. The number of hydrogen-bond acceptors (Lipinski definition) is 2. The monoisotopic (exact) mass is 428 g/mol. The molecule has 0 amide bonds. The summed E-state index contributed by atoms with van der Waals surface area (Å²) >= 11 is 0. The molecule has 2 aromatic carbocycles.